The van der Waals surface area contributed by atoms with Crippen LogP contribution in [0.5, 0.6) is 0 Å². The van der Waals surface area contributed by atoms with Crippen molar-refractivity contribution < 1.29 is 23.2 Å². The number of carbonyl (C=O) groups is 1. The number of morpholine rings is 1. The molecule has 1 unspecified atom stereocenters. The summed E-state index contributed by atoms with van der Waals surface area (Å²) in [4.78, 5) is 12.4. The Morgan fingerprint density at radius 1 is 1.07 bits per heavy atom. The van der Waals surface area contributed by atoms with Crippen LogP contribution in [-0.4, -0.2) is 88.6 Å². The van der Waals surface area contributed by atoms with Crippen molar-refractivity contribution in [1.29, 1.82) is 0 Å². The molecule has 0 aliphatic carbocycles. The molecule has 0 aromatic rings. The Hall–Kier alpha value is -0.650. The zero-order valence-corrected chi connectivity index (χ0v) is 20.8. The first-order chi connectivity index (χ1) is 13.3. The molecule has 1 fully saturated rings. The fourth-order valence-electron chi connectivity index (χ4n) is 4.28. The van der Waals surface area contributed by atoms with Crippen molar-refractivity contribution >= 4 is 5.97 Å². The summed E-state index contributed by atoms with van der Waals surface area (Å²) in [6.45, 7) is 19.0. The molecule has 1 rings (SSSR count). The van der Waals surface area contributed by atoms with E-state index >= 15 is 0 Å². The average molecular weight is 415 g/mol. The van der Waals surface area contributed by atoms with E-state index in [1.165, 1.54) is 13.0 Å². The Morgan fingerprint density at radius 3 is 2.24 bits per heavy atom. The second-order valence-corrected chi connectivity index (χ2v) is 11.4. The molecule has 0 aromatic carbocycles. The van der Waals surface area contributed by atoms with E-state index in [0.29, 0.717) is 13.0 Å². The van der Waals surface area contributed by atoms with Gasteiger partial charge in [0.2, 0.25) is 0 Å². The molecule has 5 nitrogen and oxygen atoms in total. The molecule has 1 aliphatic heterocycles. The molecule has 1 atom stereocenters. The van der Waals surface area contributed by atoms with Gasteiger partial charge in [0.25, 0.3) is 0 Å². The number of nitrogens with zero attached hydrogens (tertiary/aromatic N) is 2. The van der Waals surface area contributed by atoms with E-state index in [1.54, 1.807) is 0 Å². The third kappa shape index (κ3) is 10.3. The predicted molar refractivity (Wildman–Crippen MR) is 121 cm³/mol. The van der Waals surface area contributed by atoms with Crippen molar-refractivity contribution in [3.63, 3.8) is 0 Å². The summed E-state index contributed by atoms with van der Waals surface area (Å²) in [5.41, 5.74) is 0.353. The van der Waals surface area contributed by atoms with Gasteiger partial charge in [-0.05, 0) is 18.3 Å². The molecular weight excluding hydrogens is 364 g/mol. The number of hydrogen-bond donors (Lipinski definition) is 0. The quantitative estimate of drug-likeness (QED) is 0.336. The summed E-state index contributed by atoms with van der Waals surface area (Å²) in [5, 5.41) is 0. The van der Waals surface area contributed by atoms with Crippen LogP contribution in [0.2, 0.25) is 0 Å². The summed E-state index contributed by atoms with van der Waals surface area (Å²) in [7, 11) is 6.80. The molecule has 1 saturated heterocycles. The third-order valence-corrected chi connectivity index (χ3v) is 7.23. The van der Waals surface area contributed by atoms with E-state index < -0.39 is 0 Å². The van der Waals surface area contributed by atoms with Crippen LogP contribution in [0.1, 0.15) is 66.7 Å². The van der Waals surface area contributed by atoms with Gasteiger partial charge in [-0.15, -0.1) is 0 Å². The van der Waals surface area contributed by atoms with Gasteiger partial charge in [0.15, 0.2) is 0 Å². The highest BCUT2D eigenvalue weighted by atomic mass is 16.5. The van der Waals surface area contributed by atoms with E-state index in [1.807, 2.05) is 0 Å². The lowest BCUT2D eigenvalue weighted by molar-refractivity contribution is -0.926. The summed E-state index contributed by atoms with van der Waals surface area (Å²) < 4.78 is 13.2. The molecular formula is C24H50N2O3+2. The van der Waals surface area contributed by atoms with E-state index in [9.17, 15) is 4.79 Å². The van der Waals surface area contributed by atoms with Gasteiger partial charge in [-0.3, -0.25) is 4.79 Å². The molecule has 29 heavy (non-hydrogen) atoms. The minimum Gasteiger partial charge on any atom is -0.465 e. The minimum atomic E-state index is -0.0441. The zero-order valence-electron chi connectivity index (χ0n) is 20.8. The SMILES string of the molecule is CCC(C)(C)CC(C)(CC)COC(=O)CC[N+](C)(C)CCC[N+]1(C)CCOCC1. The number of quaternary nitrogens is 2. The predicted octanol–water partition coefficient (Wildman–Crippen LogP) is 4.11. The lowest BCUT2D eigenvalue weighted by atomic mass is 9.72. The summed E-state index contributed by atoms with van der Waals surface area (Å²) in [6.07, 6.45) is 4.95. The van der Waals surface area contributed by atoms with Crippen molar-refractivity contribution in [2.24, 2.45) is 10.8 Å². The third-order valence-electron chi connectivity index (χ3n) is 7.23. The van der Waals surface area contributed by atoms with Crippen LogP contribution < -0.4 is 0 Å². The van der Waals surface area contributed by atoms with Crippen molar-refractivity contribution in [2.75, 3.05) is 73.7 Å². The van der Waals surface area contributed by atoms with Gasteiger partial charge in [-0.25, -0.2) is 0 Å². The highest BCUT2D eigenvalue weighted by Crippen LogP contribution is 2.38. The van der Waals surface area contributed by atoms with Crippen LogP contribution in [0.3, 0.4) is 0 Å². The Kier molecular flexibility index (Phi) is 10.1. The second kappa shape index (κ2) is 11.1. The molecule has 0 spiro atoms. The molecule has 1 aliphatic rings. The van der Waals surface area contributed by atoms with Crippen molar-refractivity contribution in [2.45, 2.75) is 66.7 Å². The van der Waals surface area contributed by atoms with Crippen molar-refractivity contribution in [1.82, 2.24) is 0 Å². The van der Waals surface area contributed by atoms with E-state index in [0.717, 1.165) is 67.6 Å². The molecule has 0 radical (unpaired) electrons. The highest BCUT2D eigenvalue weighted by Gasteiger charge is 2.32. The molecule has 5 heteroatoms. The van der Waals surface area contributed by atoms with Crippen LogP contribution >= 0.6 is 0 Å². The van der Waals surface area contributed by atoms with Gasteiger partial charge in [0, 0.05) is 11.8 Å². The Morgan fingerprint density at radius 2 is 1.69 bits per heavy atom. The molecule has 0 N–H and O–H groups in total. The van der Waals surface area contributed by atoms with Gasteiger partial charge >= 0.3 is 5.97 Å². The van der Waals surface area contributed by atoms with Gasteiger partial charge in [0.05, 0.1) is 67.0 Å². The Balaban J connectivity index is 2.35. The summed E-state index contributed by atoms with van der Waals surface area (Å²) in [6, 6.07) is 0. The Labute approximate surface area is 180 Å². The van der Waals surface area contributed by atoms with E-state index in [2.05, 4.69) is 55.8 Å². The first kappa shape index (κ1) is 26.4. The standard InChI is InChI=1S/C24H50N2O3/c1-9-23(3,4)20-24(5,10-2)21-29-22(27)12-15-25(6,7)13-11-14-26(8)16-18-28-19-17-26/h9-21H2,1-8H3/q+2. The first-order valence-electron chi connectivity index (χ1n) is 11.7. The maximum absolute atomic E-state index is 12.4. The fourth-order valence-corrected chi connectivity index (χ4v) is 4.28. The number of ether oxygens (including phenoxy) is 2. The lowest BCUT2D eigenvalue weighted by Crippen LogP contribution is -2.53. The van der Waals surface area contributed by atoms with Crippen LogP contribution in [-0.2, 0) is 14.3 Å². The topological polar surface area (TPSA) is 35.5 Å². The molecule has 1 heterocycles. The number of hydrogen-bond acceptors (Lipinski definition) is 3. The minimum absolute atomic E-state index is 0.0441. The second-order valence-electron chi connectivity index (χ2n) is 11.4. The number of rotatable bonds is 13. The molecule has 0 saturated carbocycles. The number of esters is 1. The number of carbonyl (C=O) groups excluding carboxylic acids is 1. The largest absolute Gasteiger partial charge is 0.465 e. The fraction of sp³-hybridized carbons (Fsp3) is 0.958. The average Bonchev–Trinajstić information content (AvgIpc) is 2.65. The molecule has 0 aromatic heterocycles. The number of likely N-dealkylation sites (N-methyl/N-ethyl adjacent to an activating group) is 1. The van der Waals surface area contributed by atoms with Gasteiger partial charge in [0.1, 0.15) is 13.1 Å². The normalized spacial score (nSPS) is 19.6. The molecule has 0 amide bonds. The van der Waals surface area contributed by atoms with Crippen LogP contribution in [0.25, 0.3) is 0 Å². The first-order valence-corrected chi connectivity index (χ1v) is 11.7. The maximum atomic E-state index is 12.4. The van der Waals surface area contributed by atoms with Gasteiger partial charge in [-0.1, -0.05) is 41.0 Å². The van der Waals surface area contributed by atoms with Crippen LogP contribution in [0.4, 0.5) is 0 Å². The monoisotopic (exact) mass is 414 g/mol. The smallest absolute Gasteiger partial charge is 0.311 e. The van der Waals surface area contributed by atoms with E-state index in [4.69, 9.17) is 9.47 Å². The van der Waals surface area contributed by atoms with Crippen LogP contribution in [0, 0.1) is 10.8 Å². The van der Waals surface area contributed by atoms with Gasteiger partial charge in [-0.2, -0.15) is 0 Å². The highest BCUT2D eigenvalue weighted by molar-refractivity contribution is 5.69. The van der Waals surface area contributed by atoms with Crippen molar-refractivity contribution in [3.05, 3.63) is 0 Å². The molecule has 172 valence electrons. The summed E-state index contributed by atoms with van der Waals surface area (Å²) >= 11 is 0. The summed E-state index contributed by atoms with van der Waals surface area (Å²) in [5.74, 6) is -0.0441. The lowest BCUT2D eigenvalue weighted by Gasteiger charge is -2.38. The Bertz CT molecular complexity index is 498. The van der Waals surface area contributed by atoms with Crippen LogP contribution in [0.15, 0.2) is 0 Å². The van der Waals surface area contributed by atoms with Gasteiger partial charge < -0.3 is 18.4 Å². The zero-order chi connectivity index (χ0) is 22.2. The van der Waals surface area contributed by atoms with Crippen molar-refractivity contribution in [3.8, 4) is 0 Å². The van der Waals surface area contributed by atoms with E-state index in [-0.39, 0.29) is 16.8 Å². The molecule has 0 bridgehead atoms. The maximum Gasteiger partial charge on any atom is 0.311 e.